The van der Waals surface area contributed by atoms with Crippen LogP contribution in [0.4, 0.5) is 5.69 Å². The normalized spacial score (nSPS) is 28.4. The van der Waals surface area contributed by atoms with Gasteiger partial charge in [0.2, 0.25) is 5.91 Å². The Kier molecular flexibility index (Phi) is 6.24. The van der Waals surface area contributed by atoms with Gasteiger partial charge >= 0.3 is 0 Å². The Balaban J connectivity index is 1.15. The molecule has 2 heterocycles. The first-order chi connectivity index (χ1) is 15.6. The first kappa shape index (κ1) is 21.5. The third-order valence-electron chi connectivity index (χ3n) is 7.30. The van der Waals surface area contributed by atoms with Crippen LogP contribution in [-0.2, 0) is 14.3 Å². The highest BCUT2D eigenvalue weighted by Crippen LogP contribution is 2.47. The number of hydrogen-bond acceptors (Lipinski definition) is 5. The second-order valence-electron chi connectivity index (χ2n) is 9.32. The summed E-state index contributed by atoms with van der Waals surface area (Å²) in [6.45, 7) is 5.99. The van der Waals surface area contributed by atoms with Crippen molar-refractivity contribution >= 4 is 11.6 Å². The van der Waals surface area contributed by atoms with Crippen molar-refractivity contribution in [2.45, 2.75) is 50.9 Å². The van der Waals surface area contributed by atoms with Crippen molar-refractivity contribution in [3.05, 3.63) is 48.1 Å². The molecule has 2 saturated heterocycles. The highest BCUT2D eigenvalue weighted by Gasteiger charge is 2.51. The number of carbonyl (C=O) groups excluding carboxylic acids is 1. The SMILES string of the molecule is CC(=O)N1CCN(c2ccc(OCC3COC(C4=CC=CC4)(C4CCCC4)O3)cc2)CC1. The molecule has 1 aromatic carbocycles. The van der Waals surface area contributed by atoms with Gasteiger partial charge < -0.3 is 24.0 Å². The van der Waals surface area contributed by atoms with Gasteiger partial charge in [-0.1, -0.05) is 31.1 Å². The van der Waals surface area contributed by atoms with Gasteiger partial charge in [-0.25, -0.2) is 0 Å². The van der Waals surface area contributed by atoms with Gasteiger partial charge in [-0.05, 0) is 49.1 Å². The Hall–Kier alpha value is -2.31. The molecule has 2 atom stereocenters. The molecule has 0 N–H and O–H groups in total. The number of carbonyl (C=O) groups is 1. The number of rotatable bonds is 6. The molecule has 1 saturated carbocycles. The van der Waals surface area contributed by atoms with Crippen molar-refractivity contribution in [3.8, 4) is 5.75 Å². The molecule has 32 heavy (non-hydrogen) atoms. The van der Waals surface area contributed by atoms with Gasteiger partial charge in [0.15, 0.2) is 5.79 Å². The number of nitrogens with zero attached hydrogens (tertiary/aromatic N) is 2. The van der Waals surface area contributed by atoms with Crippen LogP contribution in [0.3, 0.4) is 0 Å². The van der Waals surface area contributed by atoms with Crippen LogP contribution in [0.25, 0.3) is 0 Å². The molecule has 172 valence electrons. The van der Waals surface area contributed by atoms with E-state index in [1.165, 1.54) is 36.9 Å². The van der Waals surface area contributed by atoms with Gasteiger partial charge in [0.05, 0.1) is 6.61 Å². The lowest BCUT2D eigenvalue weighted by atomic mass is 9.89. The van der Waals surface area contributed by atoms with E-state index in [1.807, 2.05) is 17.0 Å². The Labute approximate surface area is 190 Å². The standard InChI is InChI=1S/C26H34N2O4/c1-20(29)27-14-16-28(17-15-27)23-10-12-24(13-11-23)30-18-25-19-31-26(32-25,21-6-2-3-7-21)22-8-4-5-9-22/h2-3,6,10-13,22,25H,4-5,7-9,14-19H2,1H3. The lowest BCUT2D eigenvalue weighted by molar-refractivity contribution is -0.177. The molecule has 2 aliphatic heterocycles. The fraction of sp³-hybridized carbons (Fsp3) is 0.577. The van der Waals surface area contributed by atoms with E-state index in [1.54, 1.807) is 6.92 Å². The molecule has 0 bridgehead atoms. The third kappa shape index (κ3) is 4.30. The smallest absolute Gasteiger partial charge is 0.219 e. The number of piperazine rings is 1. The second-order valence-corrected chi connectivity index (χ2v) is 9.32. The topological polar surface area (TPSA) is 51.2 Å². The third-order valence-corrected chi connectivity index (χ3v) is 7.30. The molecule has 0 spiro atoms. The van der Waals surface area contributed by atoms with Crippen molar-refractivity contribution in [2.24, 2.45) is 5.92 Å². The Morgan fingerprint density at radius 3 is 2.53 bits per heavy atom. The van der Waals surface area contributed by atoms with Gasteiger partial charge in [0.25, 0.3) is 0 Å². The van der Waals surface area contributed by atoms with Gasteiger partial charge in [0, 0.05) is 44.7 Å². The molecule has 0 aromatic heterocycles. The van der Waals surface area contributed by atoms with Crippen LogP contribution in [0, 0.1) is 5.92 Å². The van der Waals surface area contributed by atoms with E-state index < -0.39 is 5.79 Å². The molecule has 1 amide bonds. The van der Waals surface area contributed by atoms with E-state index in [4.69, 9.17) is 14.2 Å². The van der Waals surface area contributed by atoms with Crippen LogP contribution in [0.1, 0.15) is 39.0 Å². The van der Waals surface area contributed by atoms with Crippen molar-refractivity contribution in [1.82, 2.24) is 4.90 Å². The van der Waals surface area contributed by atoms with E-state index in [9.17, 15) is 4.79 Å². The van der Waals surface area contributed by atoms with Crippen molar-refractivity contribution in [3.63, 3.8) is 0 Å². The summed E-state index contributed by atoms with van der Waals surface area (Å²) in [6.07, 6.45) is 12.2. The Morgan fingerprint density at radius 1 is 1.12 bits per heavy atom. The van der Waals surface area contributed by atoms with Crippen LogP contribution in [0.15, 0.2) is 48.1 Å². The number of anilines is 1. The quantitative estimate of drug-likeness (QED) is 0.674. The molecule has 5 rings (SSSR count). The molecule has 0 radical (unpaired) electrons. The van der Waals surface area contributed by atoms with E-state index >= 15 is 0 Å². The average molecular weight is 439 g/mol. The van der Waals surface area contributed by atoms with E-state index in [0.717, 1.165) is 38.3 Å². The zero-order chi connectivity index (χ0) is 22.0. The molecule has 4 aliphatic rings. The summed E-state index contributed by atoms with van der Waals surface area (Å²) in [5.41, 5.74) is 2.43. The summed E-state index contributed by atoms with van der Waals surface area (Å²) in [5, 5.41) is 0. The lowest BCUT2D eigenvalue weighted by Crippen LogP contribution is -2.48. The zero-order valence-corrected chi connectivity index (χ0v) is 19.0. The van der Waals surface area contributed by atoms with Crippen LogP contribution in [-0.4, -0.2) is 62.1 Å². The maximum Gasteiger partial charge on any atom is 0.219 e. The molecular formula is C26H34N2O4. The minimum atomic E-state index is -0.556. The minimum Gasteiger partial charge on any atom is -0.491 e. The van der Waals surface area contributed by atoms with Crippen LogP contribution in [0.5, 0.6) is 5.75 Å². The lowest BCUT2D eigenvalue weighted by Gasteiger charge is -2.35. The molecule has 2 aliphatic carbocycles. The number of allylic oxidation sites excluding steroid dienone is 3. The summed E-state index contributed by atoms with van der Waals surface area (Å²) in [5.74, 6) is 0.894. The van der Waals surface area contributed by atoms with Gasteiger partial charge in [-0.15, -0.1) is 0 Å². The highest BCUT2D eigenvalue weighted by molar-refractivity contribution is 5.73. The van der Waals surface area contributed by atoms with E-state index in [-0.39, 0.29) is 12.0 Å². The molecule has 2 unspecified atom stereocenters. The summed E-state index contributed by atoms with van der Waals surface area (Å²) in [6, 6.07) is 8.25. The van der Waals surface area contributed by atoms with Crippen LogP contribution in [0.2, 0.25) is 0 Å². The van der Waals surface area contributed by atoms with Crippen molar-refractivity contribution in [2.75, 3.05) is 44.3 Å². The Bertz CT molecular complexity index is 866. The molecule has 6 nitrogen and oxygen atoms in total. The summed E-state index contributed by atoms with van der Waals surface area (Å²) >= 11 is 0. The monoisotopic (exact) mass is 438 g/mol. The van der Waals surface area contributed by atoms with Gasteiger partial charge in [0.1, 0.15) is 18.5 Å². The summed E-state index contributed by atoms with van der Waals surface area (Å²) < 4.78 is 19.1. The second kappa shape index (κ2) is 9.28. The molecule has 3 fully saturated rings. The van der Waals surface area contributed by atoms with Crippen molar-refractivity contribution in [1.29, 1.82) is 0 Å². The number of benzene rings is 1. The number of hydrogen-bond donors (Lipinski definition) is 0. The molecule has 6 heteroatoms. The van der Waals surface area contributed by atoms with Gasteiger partial charge in [-0.2, -0.15) is 0 Å². The predicted molar refractivity (Wildman–Crippen MR) is 124 cm³/mol. The highest BCUT2D eigenvalue weighted by atomic mass is 16.8. The maximum absolute atomic E-state index is 11.5. The number of amides is 1. The minimum absolute atomic E-state index is 0.0589. The van der Waals surface area contributed by atoms with E-state index in [0.29, 0.717) is 19.1 Å². The largest absolute Gasteiger partial charge is 0.491 e. The first-order valence-electron chi connectivity index (χ1n) is 12.1. The average Bonchev–Trinajstić information content (AvgIpc) is 3.60. The first-order valence-corrected chi connectivity index (χ1v) is 12.1. The van der Waals surface area contributed by atoms with Crippen LogP contribution < -0.4 is 9.64 Å². The fourth-order valence-corrected chi connectivity index (χ4v) is 5.49. The predicted octanol–water partition coefficient (Wildman–Crippen LogP) is 3.92. The summed E-state index contributed by atoms with van der Waals surface area (Å²) in [7, 11) is 0. The van der Waals surface area contributed by atoms with E-state index in [2.05, 4.69) is 35.3 Å². The number of ether oxygens (including phenoxy) is 3. The van der Waals surface area contributed by atoms with Crippen LogP contribution >= 0.6 is 0 Å². The van der Waals surface area contributed by atoms with Gasteiger partial charge in [-0.3, -0.25) is 4.79 Å². The zero-order valence-electron chi connectivity index (χ0n) is 19.0. The maximum atomic E-state index is 11.5. The molecule has 1 aromatic rings. The summed E-state index contributed by atoms with van der Waals surface area (Å²) in [4.78, 5) is 15.7. The fourth-order valence-electron chi connectivity index (χ4n) is 5.49. The Morgan fingerprint density at radius 2 is 1.88 bits per heavy atom. The molecular weight excluding hydrogens is 404 g/mol. The van der Waals surface area contributed by atoms with Crippen molar-refractivity contribution < 1.29 is 19.0 Å².